The summed E-state index contributed by atoms with van der Waals surface area (Å²) in [4.78, 5) is 16.5. The Morgan fingerprint density at radius 1 is 1.03 bits per heavy atom. The zero-order valence-corrected chi connectivity index (χ0v) is 18.0. The van der Waals surface area contributed by atoms with Gasteiger partial charge in [0, 0.05) is 29.2 Å². The molecule has 0 bridgehead atoms. The standard InChI is InChI=1S/C22H19ClN6O3/c1-14-24-11-12-29(14)20-9-10-21(28-27-20)32-17-6-4-16(5-7-17)25-22(30)26-18-13-15(23)3-8-19(18)31-2/h3-13H,1-2H3,(H2,25,26,30). The molecule has 0 saturated carbocycles. The lowest BCUT2D eigenvalue weighted by Crippen LogP contribution is -2.19. The van der Waals surface area contributed by atoms with Crippen LogP contribution in [0.4, 0.5) is 16.2 Å². The summed E-state index contributed by atoms with van der Waals surface area (Å²) in [6, 6.07) is 14.9. The van der Waals surface area contributed by atoms with E-state index in [1.54, 1.807) is 60.8 Å². The predicted octanol–water partition coefficient (Wildman–Crippen LogP) is 5.07. The summed E-state index contributed by atoms with van der Waals surface area (Å²) in [5, 5.41) is 14.2. The Bertz CT molecular complexity index is 1230. The highest BCUT2D eigenvalue weighted by Gasteiger charge is 2.09. The van der Waals surface area contributed by atoms with Gasteiger partial charge in [0.15, 0.2) is 5.82 Å². The zero-order valence-electron chi connectivity index (χ0n) is 17.2. The van der Waals surface area contributed by atoms with Crippen LogP contribution in [-0.4, -0.2) is 32.9 Å². The van der Waals surface area contributed by atoms with Gasteiger partial charge in [0.1, 0.15) is 17.3 Å². The maximum Gasteiger partial charge on any atom is 0.323 e. The molecule has 2 N–H and O–H groups in total. The van der Waals surface area contributed by atoms with E-state index in [-0.39, 0.29) is 0 Å². The fourth-order valence-electron chi connectivity index (χ4n) is 2.91. The lowest BCUT2D eigenvalue weighted by atomic mass is 10.3. The van der Waals surface area contributed by atoms with Crippen molar-refractivity contribution in [1.82, 2.24) is 19.7 Å². The average molecular weight is 451 g/mol. The first-order valence-corrected chi connectivity index (χ1v) is 9.93. The van der Waals surface area contributed by atoms with E-state index in [1.165, 1.54) is 7.11 Å². The van der Waals surface area contributed by atoms with E-state index in [2.05, 4.69) is 25.8 Å². The number of nitrogens with one attached hydrogen (secondary N) is 2. The number of nitrogens with zero attached hydrogens (tertiary/aromatic N) is 4. The minimum Gasteiger partial charge on any atom is -0.495 e. The van der Waals surface area contributed by atoms with E-state index in [0.29, 0.717) is 39.6 Å². The largest absolute Gasteiger partial charge is 0.495 e. The van der Waals surface area contributed by atoms with Gasteiger partial charge in [0.25, 0.3) is 0 Å². The van der Waals surface area contributed by atoms with Crippen LogP contribution in [0.2, 0.25) is 5.02 Å². The molecule has 0 saturated heterocycles. The van der Waals surface area contributed by atoms with Crippen molar-refractivity contribution >= 4 is 29.0 Å². The van der Waals surface area contributed by atoms with Crippen LogP contribution in [0.3, 0.4) is 0 Å². The number of rotatable bonds is 6. The van der Waals surface area contributed by atoms with E-state index in [0.717, 1.165) is 5.82 Å². The SMILES string of the molecule is COc1ccc(Cl)cc1NC(=O)Nc1ccc(Oc2ccc(-n3ccnc3C)nn2)cc1. The third-order valence-corrected chi connectivity index (χ3v) is 4.68. The molecule has 0 aliphatic rings. The molecule has 0 unspecified atom stereocenters. The molecular weight excluding hydrogens is 432 g/mol. The number of ether oxygens (including phenoxy) is 2. The number of imidazole rings is 1. The number of aryl methyl sites for hydroxylation is 1. The van der Waals surface area contributed by atoms with Crippen LogP contribution in [0.25, 0.3) is 5.82 Å². The topological polar surface area (TPSA) is 103 Å². The molecule has 4 aromatic rings. The summed E-state index contributed by atoms with van der Waals surface area (Å²) in [5.41, 5.74) is 1.04. The Morgan fingerprint density at radius 2 is 1.84 bits per heavy atom. The fourth-order valence-corrected chi connectivity index (χ4v) is 3.08. The third kappa shape index (κ3) is 4.96. The summed E-state index contributed by atoms with van der Waals surface area (Å²) in [6.07, 6.45) is 3.51. The van der Waals surface area contributed by atoms with Gasteiger partial charge in [-0.25, -0.2) is 9.78 Å². The molecule has 4 rings (SSSR count). The molecule has 2 heterocycles. The van der Waals surface area contributed by atoms with Gasteiger partial charge in [-0.2, -0.15) is 0 Å². The summed E-state index contributed by atoms with van der Waals surface area (Å²) in [7, 11) is 1.52. The number of aromatic nitrogens is 4. The maximum atomic E-state index is 12.3. The first-order chi connectivity index (χ1) is 15.5. The van der Waals surface area contributed by atoms with Crippen molar-refractivity contribution in [2.24, 2.45) is 0 Å². The molecule has 162 valence electrons. The minimum atomic E-state index is -0.435. The monoisotopic (exact) mass is 450 g/mol. The average Bonchev–Trinajstić information content (AvgIpc) is 3.22. The Morgan fingerprint density at radius 3 is 2.50 bits per heavy atom. The third-order valence-electron chi connectivity index (χ3n) is 4.44. The van der Waals surface area contributed by atoms with Gasteiger partial charge in [-0.3, -0.25) is 4.57 Å². The van der Waals surface area contributed by atoms with Gasteiger partial charge in [-0.15, -0.1) is 10.2 Å². The van der Waals surface area contributed by atoms with E-state index in [4.69, 9.17) is 21.1 Å². The van der Waals surface area contributed by atoms with Crippen LogP contribution in [0.1, 0.15) is 5.82 Å². The second kappa shape index (κ2) is 9.36. The Balaban J connectivity index is 1.36. The van der Waals surface area contributed by atoms with Gasteiger partial charge in [-0.05, 0) is 55.5 Å². The number of carbonyl (C=O) groups excluding carboxylic acids is 1. The van der Waals surface area contributed by atoms with E-state index >= 15 is 0 Å². The van der Waals surface area contributed by atoms with Crippen molar-refractivity contribution in [1.29, 1.82) is 0 Å². The fraction of sp³-hybridized carbons (Fsp3) is 0.0909. The number of hydrogen-bond donors (Lipinski definition) is 2. The minimum absolute atomic E-state index is 0.345. The van der Waals surface area contributed by atoms with Gasteiger partial charge >= 0.3 is 6.03 Å². The number of hydrogen-bond acceptors (Lipinski definition) is 6. The first-order valence-electron chi connectivity index (χ1n) is 9.55. The highest BCUT2D eigenvalue weighted by atomic mass is 35.5. The van der Waals surface area contributed by atoms with Crippen molar-refractivity contribution in [3.8, 4) is 23.2 Å². The number of halogens is 1. The van der Waals surface area contributed by atoms with Crippen LogP contribution in [0.5, 0.6) is 17.4 Å². The van der Waals surface area contributed by atoms with Crippen molar-refractivity contribution in [2.75, 3.05) is 17.7 Å². The highest BCUT2D eigenvalue weighted by molar-refractivity contribution is 6.31. The van der Waals surface area contributed by atoms with Crippen LogP contribution in [-0.2, 0) is 0 Å². The molecule has 2 aromatic heterocycles. The number of benzene rings is 2. The summed E-state index contributed by atoms with van der Waals surface area (Å²) < 4.78 is 12.8. The van der Waals surface area contributed by atoms with Gasteiger partial charge in [-0.1, -0.05) is 11.6 Å². The van der Waals surface area contributed by atoms with Crippen molar-refractivity contribution < 1.29 is 14.3 Å². The van der Waals surface area contributed by atoms with Crippen LogP contribution < -0.4 is 20.1 Å². The van der Waals surface area contributed by atoms with E-state index < -0.39 is 6.03 Å². The Hall–Kier alpha value is -4.11. The molecule has 2 amide bonds. The number of urea groups is 1. The van der Waals surface area contributed by atoms with Crippen molar-refractivity contribution in [3.63, 3.8) is 0 Å². The summed E-state index contributed by atoms with van der Waals surface area (Å²) in [6.45, 7) is 1.88. The van der Waals surface area contributed by atoms with Crippen molar-refractivity contribution in [3.05, 3.63) is 77.8 Å². The molecular formula is C22H19ClN6O3. The molecule has 0 fully saturated rings. The van der Waals surface area contributed by atoms with Crippen LogP contribution >= 0.6 is 11.6 Å². The molecule has 32 heavy (non-hydrogen) atoms. The van der Waals surface area contributed by atoms with Gasteiger partial charge < -0.3 is 20.1 Å². The predicted molar refractivity (Wildman–Crippen MR) is 121 cm³/mol. The van der Waals surface area contributed by atoms with Gasteiger partial charge in [0.05, 0.1) is 12.8 Å². The summed E-state index contributed by atoms with van der Waals surface area (Å²) in [5.74, 6) is 2.86. The normalized spacial score (nSPS) is 10.5. The molecule has 0 aliphatic heterocycles. The second-order valence-electron chi connectivity index (χ2n) is 6.62. The van der Waals surface area contributed by atoms with E-state index in [1.807, 2.05) is 17.7 Å². The molecule has 0 radical (unpaired) electrons. The Kier molecular flexibility index (Phi) is 6.18. The number of amides is 2. The highest BCUT2D eigenvalue weighted by Crippen LogP contribution is 2.28. The van der Waals surface area contributed by atoms with E-state index in [9.17, 15) is 4.79 Å². The Labute approximate surface area is 189 Å². The molecule has 2 aromatic carbocycles. The van der Waals surface area contributed by atoms with Crippen LogP contribution in [0.15, 0.2) is 67.0 Å². The van der Waals surface area contributed by atoms with Crippen LogP contribution in [0, 0.1) is 6.92 Å². The molecule has 0 spiro atoms. The molecule has 0 aliphatic carbocycles. The first kappa shape index (κ1) is 21.1. The molecule has 10 heteroatoms. The smallest absolute Gasteiger partial charge is 0.323 e. The molecule has 9 nitrogen and oxygen atoms in total. The lowest BCUT2D eigenvalue weighted by Gasteiger charge is -2.12. The number of methoxy groups -OCH3 is 1. The zero-order chi connectivity index (χ0) is 22.5. The molecule has 0 atom stereocenters. The number of anilines is 2. The quantitative estimate of drug-likeness (QED) is 0.425. The maximum absolute atomic E-state index is 12.3. The second-order valence-corrected chi connectivity index (χ2v) is 7.06. The number of carbonyl (C=O) groups is 1. The summed E-state index contributed by atoms with van der Waals surface area (Å²) >= 11 is 5.99. The lowest BCUT2D eigenvalue weighted by molar-refractivity contribution is 0.262. The van der Waals surface area contributed by atoms with Crippen molar-refractivity contribution in [2.45, 2.75) is 6.92 Å². The van der Waals surface area contributed by atoms with Gasteiger partial charge in [0.2, 0.25) is 5.88 Å².